The summed E-state index contributed by atoms with van der Waals surface area (Å²) in [5, 5.41) is 0. The molecular formula is C12H19. The molecule has 3 atom stereocenters. The molecule has 12 heavy (non-hydrogen) atoms. The van der Waals surface area contributed by atoms with E-state index in [1.165, 1.54) is 38.5 Å². The fourth-order valence-electron chi connectivity index (χ4n) is 3.02. The zero-order valence-corrected chi connectivity index (χ0v) is 8.05. The SMILES string of the molecule is CCC1CCCC2[C]=CCCC21. The largest absolute Gasteiger partial charge is 0.0807 e. The molecule has 0 aromatic carbocycles. The molecule has 2 aliphatic rings. The van der Waals surface area contributed by atoms with Gasteiger partial charge in [-0.15, -0.1) is 0 Å². The molecule has 0 aromatic heterocycles. The summed E-state index contributed by atoms with van der Waals surface area (Å²) in [5.41, 5.74) is 0. The van der Waals surface area contributed by atoms with Crippen LogP contribution in [0.4, 0.5) is 0 Å². The highest BCUT2D eigenvalue weighted by molar-refractivity contribution is 4.95. The third-order valence-electron chi connectivity index (χ3n) is 3.71. The molecule has 0 spiro atoms. The first-order valence-corrected chi connectivity index (χ1v) is 5.49. The number of rotatable bonds is 1. The average molecular weight is 163 g/mol. The minimum absolute atomic E-state index is 0.831. The van der Waals surface area contributed by atoms with E-state index in [2.05, 4.69) is 19.1 Å². The van der Waals surface area contributed by atoms with Gasteiger partial charge in [-0.1, -0.05) is 32.3 Å². The van der Waals surface area contributed by atoms with Crippen molar-refractivity contribution in [3.63, 3.8) is 0 Å². The molecule has 2 rings (SSSR count). The third kappa shape index (κ3) is 1.44. The predicted octanol–water partition coefficient (Wildman–Crippen LogP) is 3.58. The van der Waals surface area contributed by atoms with E-state index in [1.807, 2.05) is 0 Å². The fourth-order valence-corrected chi connectivity index (χ4v) is 3.02. The Labute approximate surface area is 76.1 Å². The van der Waals surface area contributed by atoms with Gasteiger partial charge in [-0.2, -0.15) is 0 Å². The van der Waals surface area contributed by atoms with Gasteiger partial charge in [0.1, 0.15) is 0 Å². The fraction of sp³-hybridized carbons (Fsp3) is 0.833. The Kier molecular flexibility index (Phi) is 2.53. The van der Waals surface area contributed by atoms with Crippen LogP contribution in [0.2, 0.25) is 0 Å². The highest BCUT2D eigenvalue weighted by Gasteiger charge is 2.31. The van der Waals surface area contributed by atoms with Crippen molar-refractivity contribution in [3.05, 3.63) is 12.2 Å². The van der Waals surface area contributed by atoms with Gasteiger partial charge in [-0.3, -0.25) is 0 Å². The Morgan fingerprint density at radius 1 is 1.33 bits per heavy atom. The number of allylic oxidation sites excluding steroid dienone is 2. The van der Waals surface area contributed by atoms with Gasteiger partial charge < -0.3 is 0 Å². The molecule has 3 unspecified atom stereocenters. The van der Waals surface area contributed by atoms with Crippen LogP contribution in [0.5, 0.6) is 0 Å². The molecule has 0 saturated heterocycles. The molecule has 0 N–H and O–H groups in total. The lowest BCUT2D eigenvalue weighted by Crippen LogP contribution is -2.28. The number of hydrogen-bond acceptors (Lipinski definition) is 0. The first kappa shape index (κ1) is 8.34. The summed E-state index contributed by atoms with van der Waals surface area (Å²) >= 11 is 0. The lowest BCUT2D eigenvalue weighted by Gasteiger charge is -2.38. The van der Waals surface area contributed by atoms with Gasteiger partial charge >= 0.3 is 0 Å². The van der Waals surface area contributed by atoms with Gasteiger partial charge in [0, 0.05) is 0 Å². The van der Waals surface area contributed by atoms with Crippen molar-refractivity contribution >= 4 is 0 Å². The second-order valence-electron chi connectivity index (χ2n) is 4.32. The quantitative estimate of drug-likeness (QED) is 0.554. The Bertz CT molecular complexity index is 169. The molecule has 0 amide bonds. The van der Waals surface area contributed by atoms with Crippen LogP contribution in [0.15, 0.2) is 6.08 Å². The highest BCUT2D eigenvalue weighted by atomic mass is 14.4. The zero-order chi connectivity index (χ0) is 8.39. The summed E-state index contributed by atoms with van der Waals surface area (Å²) in [6.45, 7) is 2.35. The van der Waals surface area contributed by atoms with E-state index in [0.717, 1.165) is 17.8 Å². The van der Waals surface area contributed by atoms with E-state index in [-0.39, 0.29) is 0 Å². The van der Waals surface area contributed by atoms with Crippen LogP contribution in [-0.2, 0) is 0 Å². The van der Waals surface area contributed by atoms with Crippen LogP contribution in [0.1, 0.15) is 45.4 Å². The van der Waals surface area contributed by atoms with Gasteiger partial charge in [-0.25, -0.2) is 0 Å². The lowest BCUT2D eigenvalue weighted by atomic mass is 9.67. The summed E-state index contributed by atoms with van der Waals surface area (Å²) in [7, 11) is 0. The van der Waals surface area contributed by atoms with Crippen molar-refractivity contribution < 1.29 is 0 Å². The summed E-state index contributed by atoms with van der Waals surface area (Å²) in [4.78, 5) is 0. The first-order valence-electron chi connectivity index (χ1n) is 5.49. The molecule has 0 bridgehead atoms. The van der Waals surface area contributed by atoms with Gasteiger partial charge in [-0.05, 0) is 43.1 Å². The summed E-state index contributed by atoms with van der Waals surface area (Å²) < 4.78 is 0. The Balaban J connectivity index is 2.06. The third-order valence-corrected chi connectivity index (χ3v) is 3.71. The van der Waals surface area contributed by atoms with Gasteiger partial charge in [0.2, 0.25) is 0 Å². The minimum Gasteiger partial charge on any atom is -0.0807 e. The highest BCUT2D eigenvalue weighted by Crippen LogP contribution is 2.41. The molecule has 0 heteroatoms. The predicted molar refractivity (Wildman–Crippen MR) is 51.7 cm³/mol. The first-order chi connectivity index (χ1) is 5.92. The molecule has 1 fully saturated rings. The van der Waals surface area contributed by atoms with Crippen LogP contribution in [0.25, 0.3) is 0 Å². The van der Waals surface area contributed by atoms with Crippen LogP contribution in [0.3, 0.4) is 0 Å². The van der Waals surface area contributed by atoms with Crippen molar-refractivity contribution in [1.82, 2.24) is 0 Å². The normalized spacial score (nSPS) is 40.9. The standard InChI is InChI=1S/C12H19/c1-2-10-7-5-8-11-6-3-4-9-12(10)11/h3,10-12H,2,4-5,7-9H2,1H3. The van der Waals surface area contributed by atoms with Crippen molar-refractivity contribution in [2.45, 2.75) is 45.4 Å². The van der Waals surface area contributed by atoms with E-state index < -0.39 is 0 Å². The van der Waals surface area contributed by atoms with E-state index in [0.29, 0.717) is 0 Å². The Morgan fingerprint density at radius 3 is 3.08 bits per heavy atom. The number of fused-ring (bicyclic) bond motifs is 1. The van der Waals surface area contributed by atoms with Gasteiger partial charge in [0.05, 0.1) is 0 Å². The topological polar surface area (TPSA) is 0 Å². The van der Waals surface area contributed by atoms with Crippen LogP contribution < -0.4 is 0 Å². The van der Waals surface area contributed by atoms with Crippen LogP contribution in [-0.4, -0.2) is 0 Å². The zero-order valence-electron chi connectivity index (χ0n) is 8.05. The minimum atomic E-state index is 0.831. The van der Waals surface area contributed by atoms with Crippen molar-refractivity contribution in [3.8, 4) is 0 Å². The van der Waals surface area contributed by atoms with E-state index >= 15 is 0 Å². The van der Waals surface area contributed by atoms with Crippen molar-refractivity contribution in [2.24, 2.45) is 17.8 Å². The molecular weight excluding hydrogens is 144 g/mol. The van der Waals surface area contributed by atoms with Crippen LogP contribution in [0, 0.1) is 23.8 Å². The Hall–Kier alpha value is -0.260. The smallest absolute Gasteiger partial charge is 0.0131 e. The second kappa shape index (κ2) is 3.64. The number of hydrogen-bond donors (Lipinski definition) is 0. The Morgan fingerprint density at radius 2 is 2.25 bits per heavy atom. The molecule has 0 aliphatic heterocycles. The monoisotopic (exact) mass is 163 g/mol. The molecule has 0 nitrogen and oxygen atoms in total. The van der Waals surface area contributed by atoms with Crippen LogP contribution >= 0.6 is 0 Å². The maximum Gasteiger partial charge on any atom is -0.0131 e. The molecule has 1 saturated carbocycles. The molecule has 0 heterocycles. The maximum absolute atomic E-state index is 3.56. The summed E-state index contributed by atoms with van der Waals surface area (Å²) in [5.74, 6) is 2.84. The second-order valence-corrected chi connectivity index (χ2v) is 4.32. The van der Waals surface area contributed by atoms with E-state index in [4.69, 9.17) is 0 Å². The lowest BCUT2D eigenvalue weighted by molar-refractivity contribution is 0.157. The molecule has 1 radical (unpaired) electrons. The van der Waals surface area contributed by atoms with Crippen molar-refractivity contribution in [2.75, 3.05) is 0 Å². The van der Waals surface area contributed by atoms with Crippen molar-refractivity contribution in [1.29, 1.82) is 0 Å². The molecule has 67 valence electrons. The summed E-state index contributed by atoms with van der Waals surface area (Å²) in [6, 6.07) is 0. The molecule has 0 aromatic rings. The molecule has 2 aliphatic carbocycles. The van der Waals surface area contributed by atoms with E-state index in [9.17, 15) is 0 Å². The summed E-state index contributed by atoms with van der Waals surface area (Å²) in [6.07, 6.45) is 14.3. The maximum atomic E-state index is 3.56. The average Bonchev–Trinajstić information content (AvgIpc) is 2.17. The van der Waals surface area contributed by atoms with Gasteiger partial charge in [0.25, 0.3) is 0 Å². The van der Waals surface area contributed by atoms with Gasteiger partial charge in [0.15, 0.2) is 0 Å². The van der Waals surface area contributed by atoms with E-state index in [1.54, 1.807) is 0 Å².